The molecule has 1 aromatic carbocycles. The third kappa shape index (κ3) is 5.55. The van der Waals surface area contributed by atoms with Crippen molar-refractivity contribution in [2.45, 2.75) is 24.4 Å². The Morgan fingerprint density at radius 1 is 1.17 bits per heavy atom. The number of amides is 1. The molecular weight excluding hydrogens is 318 g/mol. The van der Waals surface area contributed by atoms with Crippen LogP contribution in [0.15, 0.2) is 29.4 Å². The van der Waals surface area contributed by atoms with Crippen molar-refractivity contribution in [2.24, 2.45) is 5.10 Å². The molecule has 0 aliphatic rings. The number of rotatable bonds is 8. The Balaban J connectivity index is 2.58. The zero-order valence-corrected chi connectivity index (χ0v) is 13.4. The minimum atomic E-state index is -2.02. The smallest absolute Gasteiger partial charge is 0.271 e. The van der Waals surface area contributed by atoms with Crippen LogP contribution in [0, 0.1) is 0 Å². The second-order valence-electron chi connectivity index (χ2n) is 5.40. The minimum absolute atomic E-state index is 0.701. The van der Waals surface area contributed by atoms with Crippen LogP contribution in [-0.2, 0) is 4.79 Å². The molecule has 9 nitrogen and oxygen atoms in total. The summed E-state index contributed by atoms with van der Waals surface area (Å²) in [7, 11) is 3.80. The molecule has 6 N–H and O–H groups in total. The monoisotopic (exact) mass is 341 g/mol. The molecule has 0 bridgehead atoms. The van der Waals surface area contributed by atoms with Crippen LogP contribution >= 0.6 is 0 Å². The minimum Gasteiger partial charge on any atom is -0.394 e. The molecule has 0 aliphatic carbocycles. The first kappa shape index (κ1) is 20.0. The van der Waals surface area contributed by atoms with Crippen molar-refractivity contribution in [3.8, 4) is 0 Å². The van der Waals surface area contributed by atoms with Crippen molar-refractivity contribution in [1.29, 1.82) is 0 Å². The molecule has 0 unspecified atom stereocenters. The van der Waals surface area contributed by atoms with Gasteiger partial charge in [-0.25, -0.2) is 5.43 Å². The van der Waals surface area contributed by atoms with Crippen LogP contribution in [0.5, 0.6) is 0 Å². The lowest BCUT2D eigenvalue weighted by atomic mass is 10.0. The van der Waals surface area contributed by atoms with Crippen LogP contribution in [0.1, 0.15) is 5.56 Å². The largest absolute Gasteiger partial charge is 0.394 e. The number of hydrazone groups is 1. The number of carbonyl (C=O) groups is 1. The lowest BCUT2D eigenvalue weighted by Gasteiger charge is -2.24. The molecule has 0 aliphatic heterocycles. The number of aliphatic hydroxyl groups excluding tert-OH is 5. The van der Waals surface area contributed by atoms with Crippen molar-refractivity contribution in [3.63, 3.8) is 0 Å². The molecule has 4 atom stereocenters. The van der Waals surface area contributed by atoms with Gasteiger partial charge in [-0.1, -0.05) is 12.1 Å². The van der Waals surface area contributed by atoms with E-state index in [1.54, 1.807) is 12.1 Å². The van der Waals surface area contributed by atoms with Crippen molar-refractivity contribution < 1.29 is 30.3 Å². The molecule has 0 fully saturated rings. The molecule has 0 heterocycles. The van der Waals surface area contributed by atoms with E-state index in [1.165, 1.54) is 6.21 Å². The lowest BCUT2D eigenvalue weighted by Crippen LogP contribution is -2.50. The van der Waals surface area contributed by atoms with Gasteiger partial charge in [-0.2, -0.15) is 5.10 Å². The van der Waals surface area contributed by atoms with E-state index in [-0.39, 0.29) is 0 Å². The molecule has 1 rings (SSSR count). The molecule has 134 valence electrons. The van der Waals surface area contributed by atoms with E-state index in [0.29, 0.717) is 5.56 Å². The van der Waals surface area contributed by atoms with Crippen LogP contribution in [0.3, 0.4) is 0 Å². The summed E-state index contributed by atoms with van der Waals surface area (Å²) >= 11 is 0. The van der Waals surface area contributed by atoms with E-state index in [0.717, 1.165) is 5.69 Å². The van der Waals surface area contributed by atoms with Gasteiger partial charge in [0.1, 0.15) is 18.3 Å². The molecule has 24 heavy (non-hydrogen) atoms. The van der Waals surface area contributed by atoms with Gasteiger partial charge in [0.25, 0.3) is 5.91 Å². The number of aliphatic hydroxyl groups is 5. The van der Waals surface area contributed by atoms with Crippen molar-refractivity contribution >= 4 is 17.8 Å². The van der Waals surface area contributed by atoms with Gasteiger partial charge in [0.15, 0.2) is 6.10 Å². The van der Waals surface area contributed by atoms with Crippen molar-refractivity contribution in [1.82, 2.24) is 5.43 Å². The quantitative estimate of drug-likeness (QED) is 0.229. The van der Waals surface area contributed by atoms with Gasteiger partial charge >= 0.3 is 0 Å². The number of nitrogens with zero attached hydrogens (tertiary/aromatic N) is 2. The van der Waals surface area contributed by atoms with E-state index < -0.39 is 36.9 Å². The van der Waals surface area contributed by atoms with E-state index in [2.05, 4.69) is 5.10 Å². The Morgan fingerprint density at radius 2 is 1.75 bits per heavy atom. The third-order valence-corrected chi connectivity index (χ3v) is 3.32. The van der Waals surface area contributed by atoms with Gasteiger partial charge in [-0.05, 0) is 17.7 Å². The Labute approximate surface area is 139 Å². The van der Waals surface area contributed by atoms with Crippen LogP contribution in [0.25, 0.3) is 0 Å². The maximum atomic E-state index is 11.6. The molecule has 0 spiro atoms. The average molecular weight is 341 g/mol. The third-order valence-electron chi connectivity index (χ3n) is 3.32. The Morgan fingerprint density at radius 3 is 2.25 bits per heavy atom. The highest BCUT2D eigenvalue weighted by molar-refractivity contribution is 5.84. The zero-order valence-electron chi connectivity index (χ0n) is 13.4. The SMILES string of the molecule is CN(C)c1ccc(/C=N\NC(=O)[C@H](O)[C@@H](O)[C@H](O)[C@H](O)CO)cc1. The first-order chi connectivity index (χ1) is 11.3. The summed E-state index contributed by atoms with van der Waals surface area (Å²) in [6.07, 6.45) is -6.20. The maximum Gasteiger partial charge on any atom is 0.271 e. The summed E-state index contributed by atoms with van der Waals surface area (Å²) in [4.78, 5) is 13.6. The highest BCUT2D eigenvalue weighted by atomic mass is 16.4. The number of carbonyl (C=O) groups excluding carboxylic acids is 1. The summed E-state index contributed by atoms with van der Waals surface area (Å²) in [6, 6.07) is 7.26. The van der Waals surface area contributed by atoms with Crippen LogP contribution < -0.4 is 10.3 Å². The van der Waals surface area contributed by atoms with Crippen LogP contribution in [0.4, 0.5) is 5.69 Å². The van der Waals surface area contributed by atoms with Gasteiger partial charge in [0.2, 0.25) is 0 Å². The first-order valence-electron chi connectivity index (χ1n) is 7.21. The van der Waals surface area contributed by atoms with Gasteiger partial charge in [-0.3, -0.25) is 4.79 Å². The predicted molar refractivity (Wildman–Crippen MR) is 87.6 cm³/mol. The summed E-state index contributed by atoms with van der Waals surface area (Å²) < 4.78 is 0. The van der Waals surface area contributed by atoms with E-state index >= 15 is 0 Å². The predicted octanol–water partition coefficient (Wildman–Crippen LogP) is -2.36. The summed E-state index contributed by atoms with van der Waals surface area (Å²) in [5.41, 5.74) is 3.71. The summed E-state index contributed by atoms with van der Waals surface area (Å²) in [5.74, 6) is -1.06. The molecular formula is C15H23N3O6. The van der Waals surface area contributed by atoms with Gasteiger partial charge in [0.05, 0.1) is 12.8 Å². The van der Waals surface area contributed by atoms with Crippen LogP contribution in [-0.4, -0.2) is 82.8 Å². The molecule has 9 heteroatoms. The Bertz CT molecular complexity index is 549. The second kappa shape index (κ2) is 9.30. The number of anilines is 1. The Hall–Kier alpha value is -2.04. The fraction of sp³-hybridized carbons (Fsp3) is 0.467. The van der Waals surface area contributed by atoms with Gasteiger partial charge in [-0.15, -0.1) is 0 Å². The van der Waals surface area contributed by atoms with Crippen molar-refractivity contribution in [2.75, 3.05) is 25.6 Å². The van der Waals surface area contributed by atoms with E-state index in [9.17, 15) is 25.2 Å². The second-order valence-corrected chi connectivity index (χ2v) is 5.40. The molecule has 0 saturated heterocycles. The lowest BCUT2D eigenvalue weighted by molar-refractivity contribution is -0.148. The topological polar surface area (TPSA) is 146 Å². The first-order valence-corrected chi connectivity index (χ1v) is 7.21. The number of hydrogen-bond acceptors (Lipinski definition) is 8. The molecule has 0 saturated carbocycles. The summed E-state index contributed by atoms with van der Waals surface area (Å²) in [5, 5.41) is 50.1. The van der Waals surface area contributed by atoms with Gasteiger partial charge < -0.3 is 30.4 Å². The number of nitrogens with one attached hydrogen (secondary N) is 1. The fourth-order valence-corrected chi connectivity index (χ4v) is 1.77. The van der Waals surface area contributed by atoms with Crippen LogP contribution in [0.2, 0.25) is 0 Å². The highest BCUT2D eigenvalue weighted by Gasteiger charge is 2.34. The number of benzene rings is 1. The van der Waals surface area contributed by atoms with Crippen molar-refractivity contribution in [3.05, 3.63) is 29.8 Å². The molecule has 0 radical (unpaired) electrons. The van der Waals surface area contributed by atoms with E-state index in [1.807, 2.05) is 36.6 Å². The van der Waals surface area contributed by atoms with E-state index in [4.69, 9.17) is 5.11 Å². The highest BCUT2D eigenvalue weighted by Crippen LogP contribution is 2.11. The maximum absolute atomic E-state index is 11.6. The normalized spacial score (nSPS) is 16.5. The molecule has 1 aromatic rings. The summed E-state index contributed by atoms with van der Waals surface area (Å²) in [6.45, 7) is -0.826. The average Bonchev–Trinajstić information content (AvgIpc) is 2.59. The number of hydrogen-bond donors (Lipinski definition) is 6. The molecule has 1 amide bonds. The Kier molecular flexibility index (Phi) is 7.75. The standard InChI is InChI=1S/C15H23N3O6/c1-18(2)10-5-3-9(4-6-10)7-16-17-15(24)14(23)13(22)12(21)11(20)8-19/h3-7,11-14,19-23H,8H2,1-2H3,(H,17,24)/b16-7-/t11-,12-,13+,14-/m1/s1. The molecule has 0 aromatic heterocycles. The fourth-order valence-electron chi connectivity index (χ4n) is 1.77. The zero-order chi connectivity index (χ0) is 18.3. The van der Waals surface area contributed by atoms with Gasteiger partial charge in [0, 0.05) is 19.8 Å².